The highest BCUT2D eigenvalue weighted by atomic mass is 16.7. The molecule has 1 saturated heterocycles. The SMILES string of the molecule is CC(C)[C@H]1CCO[C@@H](c2ccco2)O1. The molecule has 0 unspecified atom stereocenters. The molecule has 2 atom stereocenters. The Morgan fingerprint density at radius 3 is 2.93 bits per heavy atom. The molecule has 0 amide bonds. The average Bonchev–Trinajstić information content (AvgIpc) is 2.71. The van der Waals surface area contributed by atoms with Crippen LogP contribution in [0.5, 0.6) is 0 Å². The van der Waals surface area contributed by atoms with Gasteiger partial charge in [0.2, 0.25) is 6.29 Å². The van der Waals surface area contributed by atoms with Crippen LogP contribution in [0.4, 0.5) is 0 Å². The van der Waals surface area contributed by atoms with Gasteiger partial charge in [-0.3, -0.25) is 0 Å². The fourth-order valence-electron chi connectivity index (χ4n) is 1.62. The van der Waals surface area contributed by atoms with Crippen molar-refractivity contribution in [2.75, 3.05) is 6.61 Å². The largest absolute Gasteiger partial charge is 0.464 e. The van der Waals surface area contributed by atoms with Crippen LogP contribution in [-0.4, -0.2) is 12.7 Å². The summed E-state index contributed by atoms with van der Waals surface area (Å²) >= 11 is 0. The Morgan fingerprint density at radius 1 is 1.43 bits per heavy atom. The topological polar surface area (TPSA) is 31.6 Å². The van der Waals surface area contributed by atoms with Crippen LogP contribution in [0.3, 0.4) is 0 Å². The lowest BCUT2D eigenvalue weighted by Crippen LogP contribution is -2.30. The smallest absolute Gasteiger partial charge is 0.217 e. The Kier molecular flexibility index (Phi) is 2.89. The van der Waals surface area contributed by atoms with Crippen LogP contribution >= 0.6 is 0 Å². The first-order valence-electron chi connectivity index (χ1n) is 5.08. The summed E-state index contributed by atoms with van der Waals surface area (Å²) in [7, 11) is 0. The predicted octanol–water partition coefficient (Wildman–Crippen LogP) is 2.74. The van der Waals surface area contributed by atoms with Gasteiger partial charge in [0.05, 0.1) is 19.0 Å². The summed E-state index contributed by atoms with van der Waals surface area (Å²) in [4.78, 5) is 0. The second kappa shape index (κ2) is 4.15. The van der Waals surface area contributed by atoms with Gasteiger partial charge in [0.15, 0.2) is 5.76 Å². The van der Waals surface area contributed by atoms with Crippen LogP contribution < -0.4 is 0 Å². The fourth-order valence-corrected chi connectivity index (χ4v) is 1.62. The molecule has 2 heterocycles. The van der Waals surface area contributed by atoms with Gasteiger partial charge in [0, 0.05) is 0 Å². The zero-order valence-corrected chi connectivity index (χ0v) is 8.60. The summed E-state index contributed by atoms with van der Waals surface area (Å²) in [5.74, 6) is 1.28. The highest BCUT2D eigenvalue weighted by molar-refractivity contribution is 5.00. The van der Waals surface area contributed by atoms with Gasteiger partial charge in [-0.15, -0.1) is 0 Å². The number of hydrogen-bond acceptors (Lipinski definition) is 3. The molecular weight excluding hydrogens is 180 g/mol. The van der Waals surface area contributed by atoms with Crippen molar-refractivity contribution in [3.63, 3.8) is 0 Å². The minimum Gasteiger partial charge on any atom is -0.464 e. The Bertz CT molecular complexity index is 266. The Morgan fingerprint density at radius 2 is 2.29 bits per heavy atom. The van der Waals surface area contributed by atoms with Gasteiger partial charge in [-0.1, -0.05) is 13.8 Å². The molecule has 2 rings (SSSR count). The predicted molar refractivity (Wildman–Crippen MR) is 51.7 cm³/mol. The van der Waals surface area contributed by atoms with Crippen LogP contribution in [0.15, 0.2) is 22.8 Å². The molecule has 0 saturated carbocycles. The lowest BCUT2D eigenvalue weighted by Gasteiger charge is -2.31. The van der Waals surface area contributed by atoms with E-state index in [9.17, 15) is 0 Å². The molecule has 3 nitrogen and oxygen atoms in total. The third-order valence-electron chi connectivity index (χ3n) is 2.49. The van der Waals surface area contributed by atoms with Crippen molar-refractivity contribution in [3.05, 3.63) is 24.2 Å². The van der Waals surface area contributed by atoms with Crippen LogP contribution in [0.25, 0.3) is 0 Å². The maximum atomic E-state index is 5.78. The molecule has 1 aromatic rings. The third kappa shape index (κ3) is 1.99. The minimum absolute atomic E-state index is 0.277. The summed E-state index contributed by atoms with van der Waals surface area (Å²) in [5.41, 5.74) is 0. The summed E-state index contributed by atoms with van der Waals surface area (Å²) in [5, 5.41) is 0. The first-order chi connectivity index (χ1) is 6.77. The Labute approximate surface area is 84.0 Å². The molecule has 0 aliphatic carbocycles. The number of ether oxygens (including phenoxy) is 2. The monoisotopic (exact) mass is 196 g/mol. The van der Waals surface area contributed by atoms with Crippen molar-refractivity contribution in [1.82, 2.24) is 0 Å². The summed E-state index contributed by atoms with van der Waals surface area (Å²) in [6.45, 7) is 5.07. The zero-order valence-electron chi connectivity index (χ0n) is 8.60. The molecular formula is C11H16O3. The molecule has 1 aliphatic heterocycles. The van der Waals surface area contributed by atoms with Gasteiger partial charge in [0.25, 0.3) is 0 Å². The van der Waals surface area contributed by atoms with Crippen LogP contribution in [0.2, 0.25) is 0 Å². The van der Waals surface area contributed by atoms with Gasteiger partial charge in [-0.05, 0) is 24.5 Å². The Hall–Kier alpha value is -0.800. The van der Waals surface area contributed by atoms with Gasteiger partial charge in [-0.2, -0.15) is 0 Å². The molecule has 1 fully saturated rings. The molecule has 0 aromatic carbocycles. The van der Waals surface area contributed by atoms with Crippen molar-refractivity contribution in [1.29, 1.82) is 0 Å². The van der Waals surface area contributed by atoms with Crippen molar-refractivity contribution in [2.45, 2.75) is 32.7 Å². The van der Waals surface area contributed by atoms with Crippen molar-refractivity contribution < 1.29 is 13.9 Å². The quantitative estimate of drug-likeness (QED) is 0.728. The summed E-state index contributed by atoms with van der Waals surface area (Å²) in [6.07, 6.45) is 2.57. The highest BCUT2D eigenvalue weighted by Gasteiger charge is 2.27. The van der Waals surface area contributed by atoms with Gasteiger partial charge in [-0.25, -0.2) is 0 Å². The van der Waals surface area contributed by atoms with Crippen LogP contribution in [0, 0.1) is 5.92 Å². The van der Waals surface area contributed by atoms with Gasteiger partial charge >= 0.3 is 0 Å². The van der Waals surface area contributed by atoms with Crippen LogP contribution in [0.1, 0.15) is 32.3 Å². The summed E-state index contributed by atoms with van der Waals surface area (Å²) < 4.78 is 16.5. The van der Waals surface area contributed by atoms with E-state index in [-0.39, 0.29) is 12.4 Å². The molecule has 78 valence electrons. The second-order valence-corrected chi connectivity index (χ2v) is 3.93. The molecule has 0 N–H and O–H groups in total. The van der Waals surface area contributed by atoms with E-state index in [2.05, 4.69) is 13.8 Å². The first-order valence-corrected chi connectivity index (χ1v) is 5.08. The maximum Gasteiger partial charge on any atom is 0.217 e. The standard InChI is InChI=1S/C11H16O3/c1-8(2)9-5-7-13-11(14-9)10-4-3-6-12-10/h3-4,6,8-9,11H,5,7H2,1-2H3/t9-,11-/m1/s1. The van der Waals surface area contributed by atoms with Crippen molar-refractivity contribution in [2.24, 2.45) is 5.92 Å². The molecule has 14 heavy (non-hydrogen) atoms. The minimum atomic E-state index is -0.314. The van der Waals surface area contributed by atoms with E-state index in [0.717, 1.165) is 18.8 Å². The van der Waals surface area contributed by atoms with E-state index >= 15 is 0 Å². The molecule has 1 aromatic heterocycles. The summed E-state index contributed by atoms with van der Waals surface area (Å²) in [6, 6.07) is 3.73. The molecule has 0 bridgehead atoms. The van der Waals surface area contributed by atoms with E-state index in [1.165, 1.54) is 0 Å². The molecule has 0 radical (unpaired) electrons. The van der Waals surface area contributed by atoms with Crippen LogP contribution in [-0.2, 0) is 9.47 Å². The maximum absolute atomic E-state index is 5.78. The van der Waals surface area contributed by atoms with E-state index in [1.807, 2.05) is 12.1 Å². The molecule has 3 heteroatoms. The lowest BCUT2D eigenvalue weighted by molar-refractivity contribution is -0.233. The third-order valence-corrected chi connectivity index (χ3v) is 2.49. The Balaban J connectivity index is 2.01. The van der Waals surface area contributed by atoms with E-state index in [4.69, 9.17) is 13.9 Å². The first kappa shape index (κ1) is 9.74. The van der Waals surface area contributed by atoms with E-state index in [0.29, 0.717) is 5.92 Å². The van der Waals surface area contributed by atoms with Crippen molar-refractivity contribution in [3.8, 4) is 0 Å². The average molecular weight is 196 g/mol. The number of furan rings is 1. The van der Waals surface area contributed by atoms with Crippen molar-refractivity contribution >= 4 is 0 Å². The highest BCUT2D eigenvalue weighted by Crippen LogP contribution is 2.29. The number of rotatable bonds is 2. The molecule has 0 spiro atoms. The van der Waals surface area contributed by atoms with Gasteiger partial charge in [0.1, 0.15) is 0 Å². The molecule has 1 aliphatic rings. The van der Waals surface area contributed by atoms with E-state index < -0.39 is 0 Å². The normalized spacial score (nSPS) is 28.2. The fraction of sp³-hybridized carbons (Fsp3) is 0.636. The zero-order chi connectivity index (χ0) is 9.97. The van der Waals surface area contributed by atoms with E-state index in [1.54, 1.807) is 6.26 Å². The second-order valence-electron chi connectivity index (χ2n) is 3.93. The lowest BCUT2D eigenvalue weighted by atomic mass is 10.0. The van der Waals surface area contributed by atoms with Gasteiger partial charge < -0.3 is 13.9 Å². The number of hydrogen-bond donors (Lipinski definition) is 0.